The molecule has 0 saturated heterocycles. The van der Waals surface area contributed by atoms with Gasteiger partial charge in [-0.05, 0) is 57.0 Å². The van der Waals surface area contributed by atoms with Gasteiger partial charge in [-0.25, -0.2) is 5.43 Å². The second kappa shape index (κ2) is 8.04. The molecule has 0 atom stereocenters. The highest BCUT2D eigenvalue weighted by molar-refractivity contribution is 5.85. The van der Waals surface area contributed by atoms with Gasteiger partial charge in [0.05, 0.1) is 12.6 Å². The summed E-state index contributed by atoms with van der Waals surface area (Å²) in [6.45, 7) is 8.19. The molecule has 3 aromatic rings. The highest BCUT2D eigenvalue weighted by Crippen LogP contribution is 2.19. The molecule has 0 radical (unpaired) electrons. The summed E-state index contributed by atoms with van der Waals surface area (Å²) in [5.74, 6) is -0.116. The predicted molar refractivity (Wildman–Crippen MR) is 111 cm³/mol. The summed E-state index contributed by atoms with van der Waals surface area (Å²) in [7, 11) is 0. The molecule has 0 aliphatic carbocycles. The molecular weight excluding hydrogens is 334 g/mol. The third-order valence-electron chi connectivity index (χ3n) is 4.73. The number of nitrogens with zero attached hydrogens (tertiary/aromatic N) is 2. The Morgan fingerprint density at radius 2 is 1.78 bits per heavy atom. The molecule has 1 aromatic heterocycles. The maximum absolute atomic E-state index is 12.2. The Morgan fingerprint density at radius 3 is 2.48 bits per heavy atom. The van der Waals surface area contributed by atoms with Gasteiger partial charge in [-0.2, -0.15) is 5.10 Å². The van der Waals surface area contributed by atoms with E-state index >= 15 is 0 Å². The number of aromatic nitrogens is 1. The quantitative estimate of drug-likeness (QED) is 0.532. The molecule has 4 nitrogen and oxygen atoms in total. The van der Waals surface area contributed by atoms with Crippen LogP contribution in [0.1, 0.15) is 33.6 Å². The van der Waals surface area contributed by atoms with Crippen LogP contribution in [0.15, 0.2) is 59.7 Å². The molecule has 0 bridgehead atoms. The number of carbonyl (C=O) groups excluding carboxylic acids is 1. The van der Waals surface area contributed by atoms with Crippen LogP contribution >= 0.6 is 0 Å². The molecule has 138 valence electrons. The van der Waals surface area contributed by atoms with Gasteiger partial charge >= 0.3 is 0 Å². The van der Waals surface area contributed by atoms with Crippen LogP contribution in [0.5, 0.6) is 0 Å². The van der Waals surface area contributed by atoms with Crippen LogP contribution in [0.25, 0.3) is 5.69 Å². The number of aryl methyl sites for hydroxylation is 3. The Hall–Kier alpha value is -3.14. The Labute approximate surface area is 160 Å². The fraction of sp³-hybridized carbons (Fsp3) is 0.217. The minimum Gasteiger partial charge on any atom is -0.318 e. The number of amides is 1. The Balaban J connectivity index is 1.69. The van der Waals surface area contributed by atoms with Crippen molar-refractivity contribution in [3.05, 3.63) is 88.2 Å². The SMILES string of the molecule is Cc1ccc(CC(=O)N/N=C\c2cc(C)n(-c3ccccc3)c2C)c(C)c1. The van der Waals surface area contributed by atoms with E-state index in [1.807, 2.05) is 44.2 Å². The summed E-state index contributed by atoms with van der Waals surface area (Å²) in [6.07, 6.45) is 2.04. The first kappa shape index (κ1) is 18.6. The first-order chi connectivity index (χ1) is 13.0. The summed E-state index contributed by atoms with van der Waals surface area (Å²) in [6, 6.07) is 18.4. The summed E-state index contributed by atoms with van der Waals surface area (Å²) >= 11 is 0. The molecular formula is C23H25N3O. The topological polar surface area (TPSA) is 46.4 Å². The largest absolute Gasteiger partial charge is 0.318 e. The van der Waals surface area contributed by atoms with Crippen LogP contribution in [0.4, 0.5) is 0 Å². The van der Waals surface area contributed by atoms with Crippen molar-refractivity contribution in [2.45, 2.75) is 34.1 Å². The lowest BCUT2D eigenvalue weighted by molar-refractivity contribution is -0.120. The zero-order chi connectivity index (χ0) is 19.4. The summed E-state index contributed by atoms with van der Waals surface area (Å²) in [5, 5.41) is 4.16. The second-order valence-electron chi connectivity index (χ2n) is 6.90. The van der Waals surface area contributed by atoms with Gasteiger partial charge in [0.2, 0.25) is 5.91 Å². The second-order valence-corrected chi connectivity index (χ2v) is 6.90. The number of rotatable bonds is 5. The molecule has 1 heterocycles. The highest BCUT2D eigenvalue weighted by Gasteiger charge is 2.09. The fourth-order valence-corrected chi connectivity index (χ4v) is 3.32. The van der Waals surface area contributed by atoms with Crippen LogP contribution in [0, 0.1) is 27.7 Å². The summed E-state index contributed by atoms with van der Waals surface area (Å²) in [4.78, 5) is 12.2. The number of hydrogen-bond donors (Lipinski definition) is 1. The van der Waals surface area contributed by atoms with Gasteiger partial charge < -0.3 is 4.57 Å². The molecule has 0 saturated carbocycles. The van der Waals surface area contributed by atoms with Crippen molar-refractivity contribution in [3.63, 3.8) is 0 Å². The molecule has 0 aliphatic heterocycles. The molecule has 4 heteroatoms. The first-order valence-corrected chi connectivity index (χ1v) is 9.08. The van der Waals surface area contributed by atoms with Crippen LogP contribution in [-0.4, -0.2) is 16.7 Å². The zero-order valence-corrected chi connectivity index (χ0v) is 16.3. The van der Waals surface area contributed by atoms with Crippen molar-refractivity contribution in [1.29, 1.82) is 0 Å². The van der Waals surface area contributed by atoms with Crippen molar-refractivity contribution >= 4 is 12.1 Å². The zero-order valence-electron chi connectivity index (χ0n) is 16.3. The van der Waals surface area contributed by atoms with E-state index in [0.29, 0.717) is 6.42 Å². The van der Waals surface area contributed by atoms with E-state index in [1.54, 1.807) is 6.21 Å². The molecule has 0 fully saturated rings. The maximum Gasteiger partial charge on any atom is 0.244 e. The Bertz CT molecular complexity index is 984. The number of nitrogens with one attached hydrogen (secondary N) is 1. The molecule has 0 unspecified atom stereocenters. The van der Waals surface area contributed by atoms with Gasteiger partial charge in [0.15, 0.2) is 0 Å². The minimum absolute atomic E-state index is 0.116. The number of benzene rings is 2. The van der Waals surface area contributed by atoms with Crippen LogP contribution in [-0.2, 0) is 11.2 Å². The van der Waals surface area contributed by atoms with E-state index in [2.05, 4.69) is 53.2 Å². The van der Waals surface area contributed by atoms with E-state index in [4.69, 9.17) is 0 Å². The van der Waals surface area contributed by atoms with Gasteiger partial charge in [-0.15, -0.1) is 0 Å². The number of carbonyl (C=O) groups is 1. The Morgan fingerprint density at radius 1 is 1.04 bits per heavy atom. The lowest BCUT2D eigenvalue weighted by Crippen LogP contribution is -2.20. The fourth-order valence-electron chi connectivity index (χ4n) is 3.32. The highest BCUT2D eigenvalue weighted by atomic mass is 16.2. The molecule has 0 spiro atoms. The monoisotopic (exact) mass is 359 g/mol. The van der Waals surface area contributed by atoms with E-state index in [0.717, 1.165) is 33.8 Å². The minimum atomic E-state index is -0.116. The standard InChI is InChI=1S/C23H25N3O/c1-16-10-11-20(17(2)12-16)14-23(27)25-24-15-21-13-18(3)26(19(21)4)22-8-6-5-7-9-22/h5-13,15H,14H2,1-4H3,(H,25,27)/b24-15-. The van der Waals surface area contributed by atoms with E-state index in [-0.39, 0.29) is 5.91 Å². The van der Waals surface area contributed by atoms with Gasteiger partial charge in [0.25, 0.3) is 0 Å². The van der Waals surface area contributed by atoms with Crippen LogP contribution in [0.2, 0.25) is 0 Å². The average Bonchev–Trinajstić information content (AvgIpc) is 2.92. The molecule has 0 aliphatic rings. The molecule has 2 aromatic carbocycles. The van der Waals surface area contributed by atoms with Crippen LogP contribution < -0.4 is 5.43 Å². The molecule has 3 rings (SSSR count). The van der Waals surface area contributed by atoms with Gasteiger partial charge in [-0.3, -0.25) is 4.79 Å². The van der Waals surface area contributed by atoms with Crippen molar-refractivity contribution < 1.29 is 4.79 Å². The molecule has 27 heavy (non-hydrogen) atoms. The molecule has 1 N–H and O–H groups in total. The third kappa shape index (κ3) is 4.34. The Kier molecular flexibility index (Phi) is 5.55. The van der Waals surface area contributed by atoms with Crippen molar-refractivity contribution in [2.75, 3.05) is 0 Å². The van der Waals surface area contributed by atoms with Gasteiger partial charge in [0.1, 0.15) is 0 Å². The average molecular weight is 359 g/mol. The van der Waals surface area contributed by atoms with Gasteiger partial charge in [-0.1, -0.05) is 42.0 Å². The van der Waals surface area contributed by atoms with Crippen molar-refractivity contribution in [3.8, 4) is 5.69 Å². The van der Waals surface area contributed by atoms with Crippen molar-refractivity contribution in [1.82, 2.24) is 9.99 Å². The third-order valence-corrected chi connectivity index (χ3v) is 4.73. The lowest BCUT2D eigenvalue weighted by Gasteiger charge is -2.09. The summed E-state index contributed by atoms with van der Waals surface area (Å²) in [5.41, 5.74) is 10.3. The maximum atomic E-state index is 12.2. The number of para-hydroxylation sites is 1. The van der Waals surface area contributed by atoms with Crippen LogP contribution in [0.3, 0.4) is 0 Å². The first-order valence-electron chi connectivity index (χ1n) is 9.08. The smallest absolute Gasteiger partial charge is 0.244 e. The van der Waals surface area contributed by atoms with Gasteiger partial charge in [0, 0.05) is 22.6 Å². The van der Waals surface area contributed by atoms with E-state index in [1.165, 1.54) is 5.56 Å². The summed E-state index contributed by atoms with van der Waals surface area (Å²) < 4.78 is 2.18. The normalized spacial score (nSPS) is 11.1. The van der Waals surface area contributed by atoms with E-state index in [9.17, 15) is 4.79 Å². The van der Waals surface area contributed by atoms with Crippen molar-refractivity contribution in [2.24, 2.45) is 5.10 Å². The number of hydrazone groups is 1. The number of hydrogen-bond acceptors (Lipinski definition) is 2. The lowest BCUT2D eigenvalue weighted by atomic mass is 10.0. The molecule has 1 amide bonds. The predicted octanol–water partition coefficient (Wildman–Crippen LogP) is 4.40. The van der Waals surface area contributed by atoms with E-state index < -0.39 is 0 Å².